The number of aromatic nitrogens is 2. The molecule has 1 aliphatic heterocycles. The summed E-state index contributed by atoms with van der Waals surface area (Å²) in [5, 5.41) is 6.69. The predicted molar refractivity (Wildman–Crippen MR) is 118 cm³/mol. The minimum absolute atomic E-state index is 0.0638. The lowest BCUT2D eigenvalue weighted by atomic mass is 10.2. The Morgan fingerprint density at radius 2 is 1.90 bits per heavy atom. The Hall–Kier alpha value is -4.33. The minimum Gasteiger partial charge on any atom is -0.481 e. The molecule has 0 atom stereocenters. The SMILES string of the molecule is O=C(Nc1ccc2c(c1)OCC(=O)N2Cc1ccccn1)Nc1ccc2cc[nH]c2c1. The summed E-state index contributed by atoms with van der Waals surface area (Å²) in [5.41, 5.74) is 3.60. The highest BCUT2D eigenvalue weighted by molar-refractivity contribution is 6.02. The van der Waals surface area contributed by atoms with Gasteiger partial charge in [0.2, 0.25) is 0 Å². The Kier molecular flexibility index (Phi) is 4.72. The van der Waals surface area contributed by atoms with Crippen molar-refractivity contribution in [2.45, 2.75) is 6.54 Å². The summed E-state index contributed by atoms with van der Waals surface area (Å²) in [7, 11) is 0. The maximum atomic E-state index is 12.4. The van der Waals surface area contributed by atoms with Gasteiger partial charge in [0.25, 0.3) is 5.91 Å². The van der Waals surface area contributed by atoms with E-state index in [-0.39, 0.29) is 18.5 Å². The third-order valence-corrected chi connectivity index (χ3v) is 5.02. The summed E-state index contributed by atoms with van der Waals surface area (Å²) >= 11 is 0. The number of benzene rings is 2. The van der Waals surface area contributed by atoms with Crippen LogP contribution in [0.15, 0.2) is 73.1 Å². The molecule has 8 nitrogen and oxygen atoms in total. The summed E-state index contributed by atoms with van der Waals surface area (Å²) in [4.78, 5) is 33.9. The van der Waals surface area contributed by atoms with E-state index in [1.807, 2.05) is 48.7 Å². The fourth-order valence-corrected chi connectivity index (χ4v) is 3.53. The highest BCUT2D eigenvalue weighted by Gasteiger charge is 2.26. The van der Waals surface area contributed by atoms with Crippen molar-refractivity contribution in [3.05, 3.63) is 78.8 Å². The molecule has 8 heteroatoms. The van der Waals surface area contributed by atoms with Crippen LogP contribution >= 0.6 is 0 Å². The number of carbonyl (C=O) groups excluding carboxylic acids is 2. The number of carbonyl (C=O) groups is 2. The molecule has 3 N–H and O–H groups in total. The van der Waals surface area contributed by atoms with Crippen LogP contribution in [0.5, 0.6) is 5.75 Å². The van der Waals surface area contributed by atoms with Crippen molar-refractivity contribution < 1.29 is 14.3 Å². The minimum atomic E-state index is -0.372. The lowest BCUT2D eigenvalue weighted by Crippen LogP contribution is -2.38. The van der Waals surface area contributed by atoms with Gasteiger partial charge in [0.1, 0.15) is 5.75 Å². The normalized spacial score (nSPS) is 12.9. The molecule has 154 valence electrons. The topological polar surface area (TPSA) is 99.3 Å². The first kappa shape index (κ1) is 18.7. The van der Waals surface area contributed by atoms with Crippen molar-refractivity contribution in [1.82, 2.24) is 9.97 Å². The number of hydrogen-bond donors (Lipinski definition) is 3. The van der Waals surface area contributed by atoms with Crippen molar-refractivity contribution in [2.75, 3.05) is 22.1 Å². The average molecular weight is 413 g/mol. The van der Waals surface area contributed by atoms with Crippen LogP contribution in [0, 0.1) is 0 Å². The van der Waals surface area contributed by atoms with Gasteiger partial charge in [-0.25, -0.2) is 4.79 Å². The Morgan fingerprint density at radius 3 is 2.74 bits per heavy atom. The molecule has 3 amide bonds. The van der Waals surface area contributed by atoms with E-state index >= 15 is 0 Å². The quantitative estimate of drug-likeness (QED) is 0.468. The first-order chi connectivity index (χ1) is 15.2. The van der Waals surface area contributed by atoms with Crippen LogP contribution in [-0.4, -0.2) is 28.5 Å². The van der Waals surface area contributed by atoms with Gasteiger partial charge in [0.05, 0.1) is 17.9 Å². The van der Waals surface area contributed by atoms with Crippen LogP contribution in [0.1, 0.15) is 5.69 Å². The Bertz CT molecular complexity index is 1270. The zero-order valence-corrected chi connectivity index (χ0v) is 16.5. The van der Waals surface area contributed by atoms with Gasteiger partial charge in [0.15, 0.2) is 6.61 Å². The van der Waals surface area contributed by atoms with E-state index in [9.17, 15) is 9.59 Å². The van der Waals surface area contributed by atoms with Crippen LogP contribution in [-0.2, 0) is 11.3 Å². The molecule has 2 aromatic carbocycles. The van der Waals surface area contributed by atoms with E-state index in [0.29, 0.717) is 29.4 Å². The van der Waals surface area contributed by atoms with E-state index in [4.69, 9.17) is 4.74 Å². The Labute approximate surface area is 177 Å². The van der Waals surface area contributed by atoms with Gasteiger partial charge in [-0.15, -0.1) is 0 Å². The van der Waals surface area contributed by atoms with Gasteiger partial charge >= 0.3 is 6.03 Å². The average Bonchev–Trinajstić information content (AvgIpc) is 3.24. The molecule has 31 heavy (non-hydrogen) atoms. The lowest BCUT2D eigenvalue weighted by Gasteiger charge is -2.29. The monoisotopic (exact) mass is 413 g/mol. The molecule has 0 saturated carbocycles. The number of nitrogens with one attached hydrogen (secondary N) is 3. The number of rotatable bonds is 4. The molecule has 0 aliphatic carbocycles. The van der Waals surface area contributed by atoms with Gasteiger partial charge in [-0.1, -0.05) is 12.1 Å². The molecule has 0 fully saturated rings. The molecular weight excluding hydrogens is 394 g/mol. The Morgan fingerprint density at radius 1 is 1.06 bits per heavy atom. The highest BCUT2D eigenvalue weighted by Crippen LogP contribution is 2.35. The molecule has 4 aromatic rings. The van der Waals surface area contributed by atoms with Gasteiger partial charge in [-0.05, 0) is 47.9 Å². The summed E-state index contributed by atoms with van der Waals surface area (Å²) < 4.78 is 5.60. The first-order valence-corrected chi connectivity index (χ1v) is 9.78. The number of amides is 3. The molecule has 0 unspecified atom stereocenters. The third-order valence-electron chi connectivity index (χ3n) is 5.02. The molecule has 0 radical (unpaired) electrons. The summed E-state index contributed by atoms with van der Waals surface area (Å²) in [6.45, 7) is 0.288. The zero-order valence-electron chi connectivity index (χ0n) is 16.5. The van der Waals surface area contributed by atoms with Crippen LogP contribution < -0.4 is 20.3 Å². The molecule has 0 bridgehead atoms. The number of pyridine rings is 1. The molecule has 1 aliphatic rings. The zero-order chi connectivity index (χ0) is 21.2. The largest absolute Gasteiger partial charge is 0.481 e. The molecule has 3 heterocycles. The van der Waals surface area contributed by atoms with Crippen LogP contribution in [0.2, 0.25) is 0 Å². The number of nitrogens with zero attached hydrogens (tertiary/aromatic N) is 2. The van der Waals surface area contributed by atoms with Crippen LogP contribution in [0.3, 0.4) is 0 Å². The first-order valence-electron chi connectivity index (χ1n) is 9.78. The third kappa shape index (κ3) is 3.91. The molecule has 0 saturated heterocycles. The van der Waals surface area contributed by atoms with Crippen molar-refractivity contribution in [3.8, 4) is 5.75 Å². The number of H-pyrrole nitrogens is 1. The smallest absolute Gasteiger partial charge is 0.323 e. The summed E-state index contributed by atoms with van der Waals surface area (Å²) in [6.07, 6.45) is 3.55. The maximum absolute atomic E-state index is 12.4. The van der Waals surface area contributed by atoms with Crippen molar-refractivity contribution in [3.63, 3.8) is 0 Å². The summed E-state index contributed by atoms with van der Waals surface area (Å²) in [6, 6.07) is 18.0. The Balaban J connectivity index is 1.31. The van der Waals surface area contributed by atoms with Crippen molar-refractivity contribution in [2.24, 2.45) is 0 Å². The molecule has 5 rings (SSSR count). The maximum Gasteiger partial charge on any atom is 0.323 e. The highest BCUT2D eigenvalue weighted by atomic mass is 16.5. The number of fused-ring (bicyclic) bond motifs is 2. The number of ether oxygens (including phenoxy) is 1. The fourth-order valence-electron chi connectivity index (χ4n) is 3.53. The molecular formula is C23H19N5O3. The second-order valence-corrected chi connectivity index (χ2v) is 7.13. The number of hydrogen-bond acceptors (Lipinski definition) is 4. The second-order valence-electron chi connectivity index (χ2n) is 7.13. The van der Waals surface area contributed by atoms with E-state index in [1.54, 1.807) is 29.3 Å². The van der Waals surface area contributed by atoms with E-state index < -0.39 is 0 Å². The lowest BCUT2D eigenvalue weighted by molar-refractivity contribution is -0.121. The van der Waals surface area contributed by atoms with Gasteiger partial charge in [-0.3, -0.25) is 14.7 Å². The van der Waals surface area contributed by atoms with E-state index in [0.717, 1.165) is 16.6 Å². The van der Waals surface area contributed by atoms with Gasteiger partial charge < -0.3 is 20.4 Å². The number of urea groups is 1. The summed E-state index contributed by atoms with van der Waals surface area (Å²) in [5.74, 6) is 0.387. The second kappa shape index (κ2) is 7.83. The molecule has 2 aromatic heterocycles. The fraction of sp³-hybridized carbons (Fsp3) is 0.0870. The van der Waals surface area contributed by atoms with Crippen LogP contribution in [0.4, 0.5) is 21.9 Å². The number of anilines is 3. The van der Waals surface area contributed by atoms with Gasteiger partial charge in [-0.2, -0.15) is 0 Å². The van der Waals surface area contributed by atoms with Gasteiger partial charge in [0, 0.05) is 35.4 Å². The van der Waals surface area contributed by atoms with E-state index in [1.165, 1.54) is 0 Å². The van der Waals surface area contributed by atoms with Crippen LogP contribution in [0.25, 0.3) is 10.9 Å². The predicted octanol–water partition coefficient (Wildman–Crippen LogP) is 4.13. The standard InChI is InChI=1S/C23H19N5O3/c29-22-14-31-21-12-17(6-7-20(21)28(22)13-18-3-1-2-9-24-18)27-23(30)26-16-5-4-15-8-10-25-19(15)11-16/h1-12,25H,13-14H2,(H2,26,27,30). The van der Waals surface area contributed by atoms with E-state index in [2.05, 4.69) is 20.6 Å². The number of aromatic amines is 1. The van der Waals surface area contributed by atoms with Crippen molar-refractivity contribution in [1.29, 1.82) is 0 Å². The molecule has 0 spiro atoms. The van der Waals surface area contributed by atoms with Crippen molar-refractivity contribution >= 4 is 39.9 Å².